The van der Waals surface area contributed by atoms with Gasteiger partial charge >= 0.3 is 0 Å². The van der Waals surface area contributed by atoms with E-state index in [1.165, 1.54) is 0 Å². The molecular weight excluding hydrogens is 198 g/mol. The number of phenolic OH excluding ortho intramolecular Hbond substituents is 2. The third kappa shape index (κ3) is 2.45. The number of carbonyl (C=O) groups is 1. The van der Waals surface area contributed by atoms with Crippen molar-refractivity contribution in [3.05, 3.63) is 23.7 Å². The van der Waals surface area contributed by atoms with E-state index in [4.69, 9.17) is 9.85 Å². The van der Waals surface area contributed by atoms with Gasteiger partial charge in [0.15, 0.2) is 11.5 Å². The minimum atomic E-state index is -1.70. The average Bonchev–Trinajstić information content (AvgIpc) is 2.32. The van der Waals surface area contributed by atoms with Crippen LogP contribution in [0.2, 0.25) is 0 Å². The van der Waals surface area contributed by atoms with Gasteiger partial charge in [0.05, 0.1) is 10.2 Å². The van der Waals surface area contributed by atoms with Crippen molar-refractivity contribution in [1.29, 1.82) is 0 Å². The van der Waals surface area contributed by atoms with Gasteiger partial charge in [0.2, 0.25) is 0 Å². The molecule has 0 heterocycles. The summed E-state index contributed by atoms with van der Waals surface area (Å²) in [5.74, 6) is -2.42. The molecule has 5 N–H and O–H groups in total. The molecule has 0 aliphatic carbocycles. The van der Waals surface area contributed by atoms with E-state index in [2.05, 4.69) is 0 Å². The Morgan fingerprint density at radius 2 is 2.07 bits per heavy atom. The van der Waals surface area contributed by atoms with Crippen molar-refractivity contribution < 1.29 is 24.2 Å². The first-order valence-electron chi connectivity index (χ1n) is 5.65. The Hall–Kier alpha value is -1.59. The van der Waals surface area contributed by atoms with Crippen LogP contribution in [-0.2, 0) is 4.79 Å². The monoisotopic (exact) mass is 214 g/mol. The highest BCUT2D eigenvalue weighted by Crippen LogP contribution is 2.28. The number of benzene rings is 1. The number of aromatic hydroxyl groups is 2. The maximum Gasteiger partial charge on any atom is 0.157 e. The van der Waals surface area contributed by atoms with Crippen LogP contribution in [0.5, 0.6) is 11.5 Å². The highest BCUT2D eigenvalue weighted by molar-refractivity contribution is 5.82. The largest absolute Gasteiger partial charge is 0.504 e. The third-order valence-electron chi connectivity index (χ3n) is 1.90. The van der Waals surface area contributed by atoms with Crippen molar-refractivity contribution in [3.8, 4) is 11.5 Å². The SMILES string of the molecule is [2H]c1c([2H])c(C(O)C(N)C(C)=O)c([2H])c(O)c1O. The van der Waals surface area contributed by atoms with Crippen LogP contribution >= 0.6 is 0 Å². The standard InChI is InChI=1S/C10H13NO4/c1-5(12)9(11)10(15)6-2-3-7(13)8(14)4-6/h2-4,9-10,13-15H,11H2,1H3/i2D,3D,4D. The van der Waals surface area contributed by atoms with E-state index in [1.807, 2.05) is 0 Å². The molecule has 2 atom stereocenters. The van der Waals surface area contributed by atoms with Gasteiger partial charge in [-0.2, -0.15) is 0 Å². The van der Waals surface area contributed by atoms with E-state index in [1.54, 1.807) is 0 Å². The molecule has 1 aromatic rings. The summed E-state index contributed by atoms with van der Waals surface area (Å²) in [5, 5.41) is 28.4. The van der Waals surface area contributed by atoms with Gasteiger partial charge in [-0.1, -0.05) is 6.04 Å². The highest BCUT2D eigenvalue weighted by atomic mass is 16.3. The van der Waals surface area contributed by atoms with Crippen LogP contribution < -0.4 is 5.73 Å². The Labute approximate surface area is 91.0 Å². The Morgan fingerprint density at radius 1 is 1.47 bits per heavy atom. The zero-order valence-electron chi connectivity index (χ0n) is 11.0. The van der Waals surface area contributed by atoms with Gasteiger partial charge in [-0.25, -0.2) is 0 Å². The number of aliphatic hydroxyl groups excluding tert-OH is 1. The lowest BCUT2D eigenvalue weighted by Gasteiger charge is -2.16. The molecule has 0 aliphatic rings. The maximum absolute atomic E-state index is 11.1. The van der Waals surface area contributed by atoms with E-state index in [0.717, 1.165) is 6.92 Å². The fourth-order valence-corrected chi connectivity index (χ4v) is 0.954. The summed E-state index contributed by atoms with van der Waals surface area (Å²) in [7, 11) is 0. The normalized spacial score (nSPS) is 17.4. The number of carbonyl (C=O) groups excluding carboxylic acids is 1. The second-order valence-electron chi connectivity index (χ2n) is 3.07. The van der Waals surface area contributed by atoms with Gasteiger partial charge in [0.25, 0.3) is 0 Å². The predicted molar refractivity (Wildman–Crippen MR) is 53.4 cm³/mol. The molecule has 15 heavy (non-hydrogen) atoms. The molecule has 1 aromatic carbocycles. The summed E-state index contributed by atoms with van der Waals surface area (Å²) in [5.41, 5.74) is 4.94. The molecule has 0 spiro atoms. The second kappa shape index (κ2) is 4.29. The number of hydrogen-bond donors (Lipinski definition) is 4. The van der Waals surface area contributed by atoms with Gasteiger partial charge in [-0.15, -0.1) is 0 Å². The molecule has 82 valence electrons. The molecule has 0 amide bonds. The van der Waals surface area contributed by atoms with E-state index in [0.29, 0.717) is 0 Å². The van der Waals surface area contributed by atoms with Gasteiger partial charge in [-0.3, -0.25) is 4.79 Å². The highest BCUT2D eigenvalue weighted by Gasteiger charge is 2.21. The molecule has 5 heteroatoms. The average molecular weight is 214 g/mol. The van der Waals surface area contributed by atoms with Gasteiger partial charge in [-0.05, 0) is 24.6 Å². The topological polar surface area (TPSA) is 104 Å². The predicted octanol–water partition coefficient (Wildman–Crippen LogP) is 0.0475. The van der Waals surface area contributed by atoms with E-state index in [9.17, 15) is 20.1 Å². The molecular formula is C10H13NO4. The molecule has 0 radical (unpaired) electrons. The number of nitrogens with two attached hydrogens (primary N) is 1. The molecule has 0 saturated heterocycles. The number of hydrogen-bond acceptors (Lipinski definition) is 5. The molecule has 0 saturated carbocycles. The number of rotatable bonds is 3. The third-order valence-corrected chi connectivity index (χ3v) is 1.90. The van der Waals surface area contributed by atoms with Crippen LogP contribution in [0.25, 0.3) is 0 Å². The summed E-state index contributed by atoms with van der Waals surface area (Å²) in [6.45, 7) is 1.13. The lowest BCUT2D eigenvalue weighted by Crippen LogP contribution is -2.35. The first-order valence-corrected chi connectivity index (χ1v) is 4.15. The van der Waals surface area contributed by atoms with E-state index < -0.39 is 53.1 Å². The van der Waals surface area contributed by atoms with Crippen LogP contribution in [0.1, 0.15) is 22.7 Å². The Kier molecular flexibility index (Phi) is 2.19. The lowest BCUT2D eigenvalue weighted by atomic mass is 10.00. The van der Waals surface area contributed by atoms with E-state index >= 15 is 0 Å². The summed E-state index contributed by atoms with van der Waals surface area (Å²) in [6, 6.07) is -3.49. The van der Waals surface area contributed by atoms with Crippen molar-refractivity contribution in [2.75, 3.05) is 0 Å². The van der Waals surface area contributed by atoms with Crippen molar-refractivity contribution in [1.82, 2.24) is 0 Å². The van der Waals surface area contributed by atoms with Crippen LogP contribution in [0, 0.1) is 0 Å². The maximum atomic E-state index is 11.1. The summed E-state index contributed by atoms with van der Waals surface area (Å²) in [4.78, 5) is 11.1. The van der Waals surface area contributed by atoms with Gasteiger partial charge in [0, 0.05) is 0 Å². The quantitative estimate of drug-likeness (QED) is 0.532. The van der Waals surface area contributed by atoms with E-state index in [-0.39, 0.29) is 0 Å². The number of Topliss-reactive ketones (excluding diaryl/α,β-unsaturated/α-hetero) is 1. The van der Waals surface area contributed by atoms with Crippen molar-refractivity contribution in [3.63, 3.8) is 0 Å². The lowest BCUT2D eigenvalue weighted by molar-refractivity contribution is -0.120. The van der Waals surface area contributed by atoms with Crippen molar-refractivity contribution in [2.24, 2.45) is 5.73 Å². The Bertz CT molecular complexity index is 477. The fraction of sp³-hybridized carbons (Fsp3) is 0.300. The van der Waals surface area contributed by atoms with Crippen LogP contribution in [0.4, 0.5) is 0 Å². The Balaban J connectivity index is 3.46. The van der Waals surface area contributed by atoms with Gasteiger partial charge in [0.1, 0.15) is 11.9 Å². The number of aliphatic hydroxyl groups is 1. The fourth-order valence-electron chi connectivity index (χ4n) is 0.954. The first-order chi connectivity index (χ1) is 8.20. The smallest absolute Gasteiger partial charge is 0.157 e. The van der Waals surface area contributed by atoms with Crippen molar-refractivity contribution >= 4 is 5.78 Å². The molecule has 5 nitrogen and oxygen atoms in total. The minimum Gasteiger partial charge on any atom is -0.504 e. The molecule has 0 aliphatic heterocycles. The molecule has 0 fully saturated rings. The molecule has 1 rings (SSSR count). The summed E-state index contributed by atoms with van der Waals surface area (Å²) < 4.78 is 22.4. The molecule has 0 aromatic heterocycles. The summed E-state index contributed by atoms with van der Waals surface area (Å²) >= 11 is 0. The second-order valence-corrected chi connectivity index (χ2v) is 3.07. The van der Waals surface area contributed by atoms with Crippen LogP contribution in [0.3, 0.4) is 0 Å². The molecule has 2 unspecified atom stereocenters. The molecule has 0 bridgehead atoms. The Morgan fingerprint density at radius 3 is 2.60 bits per heavy atom. The summed E-state index contributed by atoms with van der Waals surface area (Å²) in [6.07, 6.45) is -1.70. The zero-order chi connectivity index (χ0) is 14.2. The zero-order valence-corrected chi connectivity index (χ0v) is 7.98. The van der Waals surface area contributed by atoms with Crippen LogP contribution in [-0.4, -0.2) is 27.1 Å². The first kappa shape index (κ1) is 7.67. The number of ketones is 1. The number of phenols is 2. The van der Waals surface area contributed by atoms with Crippen LogP contribution in [0.15, 0.2) is 18.1 Å². The van der Waals surface area contributed by atoms with Gasteiger partial charge < -0.3 is 21.1 Å². The minimum absolute atomic E-state index is 0.460. The van der Waals surface area contributed by atoms with Crippen molar-refractivity contribution in [2.45, 2.75) is 19.1 Å².